The number of ether oxygens (including phenoxy) is 2. The number of benzene rings is 3. The van der Waals surface area contributed by atoms with Crippen molar-refractivity contribution in [1.82, 2.24) is 0 Å². The van der Waals surface area contributed by atoms with Crippen LogP contribution in [0.4, 0.5) is 11.4 Å². The summed E-state index contributed by atoms with van der Waals surface area (Å²) in [4.78, 5) is 12.6. The number of halogens is 2. The molecule has 2 N–H and O–H groups in total. The predicted molar refractivity (Wildman–Crippen MR) is 121 cm³/mol. The summed E-state index contributed by atoms with van der Waals surface area (Å²) in [6.45, 7) is 0. The molecule has 3 rings (SSSR count). The van der Waals surface area contributed by atoms with Crippen LogP contribution >= 0.6 is 23.2 Å². The zero-order chi connectivity index (χ0) is 22.6. The fraction of sp³-hybridized carbons (Fsp3) is 0.0952. The van der Waals surface area contributed by atoms with Gasteiger partial charge >= 0.3 is 0 Å². The smallest absolute Gasteiger partial charge is 0.261 e. The highest BCUT2D eigenvalue weighted by molar-refractivity contribution is 7.92. The van der Waals surface area contributed by atoms with Gasteiger partial charge in [0, 0.05) is 17.3 Å². The third-order valence-electron chi connectivity index (χ3n) is 4.23. The van der Waals surface area contributed by atoms with Crippen LogP contribution in [0.25, 0.3) is 0 Å². The number of nitrogens with one attached hydrogen (secondary N) is 2. The van der Waals surface area contributed by atoms with Gasteiger partial charge in [-0.2, -0.15) is 0 Å². The van der Waals surface area contributed by atoms with E-state index in [0.717, 1.165) is 0 Å². The lowest BCUT2D eigenvalue weighted by molar-refractivity contribution is 0.102. The summed E-state index contributed by atoms with van der Waals surface area (Å²) >= 11 is 12.0. The van der Waals surface area contributed by atoms with E-state index in [-0.39, 0.29) is 20.6 Å². The first kappa shape index (κ1) is 22.7. The molecule has 0 unspecified atom stereocenters. The van der Waals surface area contributed by atoms with Gasteiger partial charge in [0.2, 0.25) is 0 Å². The molecule has 0 aliphatic carbocycles. The van der Waals surface area contributed by atoms with Gasteiger partial charge in [-0.05, 0) is 48.5 Å². The largest absolute Gasteiger partial charge is 0.497 e. The number of hydrogen-bond donors (Lipinski definition) is 2. The number of sulfonamides is 1. The monoisotopic (exact) mass is 480 g/mol. The molecule has 10 heteroatoms. The van der Waals surface area contributed by atoms with Crippen LogP contribution in [0.1, 0.15) is 10.4 Å². The zero-order valence-electron chi connectivity index (χ0n) is 16.5. The Morgan fingerprint density at radius 3 is 2.10 bits per heavy atom. The minimum Gasteiger partial charge on any atom is -0.497 e. The van der Waals surface area contributed by atoms with Crippen LogP contribution < -0.4 is 19.5 Å². The Hall–Kier alpha value is -2.94. The highest BCUT2D eigenvalue weighted by Crippen LogP contribution is 2.31. The van der Waals surface area contributed by atoms with E-state index in [0.29, 0.717) is 22.7 Å². The molecule has 0 aliphatic heterocycles. The first-order valence-electron chi connectivity index (χ1n) is 8.85. The van der Waals surface area contributed by atoms with Crippen molar-refractivity contribution in [2.45, 2.75) is 4.90 Å². The Balaban J connectivity index is 1.77. The van der Waals surface area contributed by atoms with Crippen LogP contribution in [-0.4, -0.2) is 28.5 Å². The van der Waals surface area contributed by atoms with Crippen LogP contribution in [0.2, 0.25) is 10.0 Å². The Morgan fingerprint density at radius 2 is 1.52 bits per heavy atom. The van der Waals surface area contributed by atoms with Crippen LogP contribution in [0, 0.1) is 0 Å². The first-order chi connectivity index (χ1) is 14.7. The second kappa shape index (κ2) is 9.47. The lowest BCUT2D eigenvalue weighted by atomic mass is 10.2. The Kier molecular flexibility index (Phi) is 6.94. The van der Waals surface area contributed by atoms with Gasteiger partial charge < -0.3 is 14.8 Å². The van der Waals surface area contributed by atoms with E-state index in [1.165, 1.54) is 44.6 Å². The van der Waals surface area contributed by atoms with Gasteiger partial charge in [0.25, 0.3) is 15.9 Å². The summed E-state index contributed by atoms with van der Waals surface area (Å²) in [5, 5.41) is 3.03. The van der Waals surface area contributed by atoms with E-state index in [1.54, 1.807) is 30.3 Å². The number of hydrogen-bond acceptors (Lipinski definition) is 5. The summed E-state index contributed by atoms with van der Waals surface area (Å²) in [7, 11) is -0.934. The van der Waals surface area contributed by atoms with Gasteiger partial charge in [-0.15, -0.1) is 0 Å². The molecule has 0 saturated heterocycles. The van der Waals surface area contributed by atoms with E-state index in [1.807, 2.05) is 0 Å². The number of carbonyl (C=O) groups excluding carboxylic acids is 1. The molecule has 0 radical (unpaired) electrons. The van der Waals surface area contributed by atoms with Gasteiger partial charge in [0.1, 0.15) is 11.5 Å². The minimum absolute atomic E-state index is 0.00964. The van der Waals surface area contributed by atoms with Gasteiger partial charge in [0.15, 0.2) is 0 Å². The first-order valence-corrected chi connectivity index (χ1v) is 11.1. The quantitative estimate of drug-likeness (QED) is 0.492. The third-order valence-corrected chi connectivity index (χ3v) is 6.43. The Labute approximate surface area is 189 Å². The maximum Gasteiger partial charge on any atom is 0.261 e. The summed E-state index contributed by atoms with van der Waals surface area (Å²) in [5.74, 6) is 0.532. The SMILES string of the molecule is COc1cc(OC)cc(C(=O)Nc2ccc(S(=O)(=O)Nc3cccc(Cl)c3Cl)cc2)c1. The van der Waals surface area contributed by atoms with Crippen molar-refractivity contribution in [3.63, 3.8) is 0 Å². The molecule has 0 atom stereocenters. The number of carbonyl (C=O) groups is 1. The van der Waals surface area contributed by atoms with Gasteiger partial charge in [-0.1, -0.05) is 29.3 Å². The maximum atomic E-state index is 12.6. The van der Waals surface area contributed by atoms with Crippen LogP contribution in [-0.2, 0) is 10.0 Å². The lowest BCUT2D eigenvalue weighted by Crippen LogP contribution is -2.14. The molecular formula is C21H18Cl2N2O5S. The molecule has 0 aliphatic rings. The number of anilines is 2. The van der Waals surface area contributed by atoms with Gasteiger partial charge in [0.05, 0.1) is 34.8 Å². The van der Waals surface area contributed by atoms with Crippen molar-refractivity contribution in [2.75, 3.05) is 24.3 Å². The molecule has 0 fully saturated rings. The lowest BCUT2D eigenvalue weighted by Gasteiger charge is -2.12. The molecule has 0 aromatic heterocycles. The van der Waals surface area contributed by atoms with Gasteiger partial charge in [-0.25, -0.2) is 8.42 Å². The highest BCUT2D eigenvalue weighted by Gasteiger charge is 2.17. The van der Waals surface area contributed by atoms with Crippen molar-refractivity contribution in [2.24, 2.45) is 0 Å². The molecule has 31 heavy (non-hydrogen) atoms. The van der Waals surface area contributed by atoms with Crippen LogP contribution in [0.5, 0.6) is 11.5 Å². The highest BCUT2D eigenvalue weighted by atomic mass is 35.5. The molecule has 162 valence electrons. The second-order valence-electron chi connectivity index (χ2n) is 6.29. The van der Waals surface area contributed by atoms with E-state index < -0.39 is 15.9 Å². The summed E-state index contributed by atoms with van der Waals surface area (Å²) < 4.78 is 38.0. The molecule has 0 heterocycles. The molecule has 0 bridgehead atoms. The molecule has 3 aromatic rings. The summed E-state index contributed by atoms with van der Waals surface area (Å²) in [5.41, 5.74) is 0.898. The van der Waals surface area contributed by atoms with Gasteiger partial charge in [-0.3, -0.25) is 9.52 Å². The molecule has 1 amide bonds. The number of methoxy groups -OCH3 is 2. The van der Waals surface area contributed by atoms with Crippen molar-refractivity contribution >= 4 is 50.5 Å². The average molecular weight is 481 g/mol. The maximum absolute atomic E-state index is 12.6. The third kappa shape index (κ3) is 5.41. The molecule has 0 spiro atoms. The standard InChI is InChI=1S/C21H18Cl2N2O5S/c1-29-15-10-13(11-16(12-15)30-2)21(26)24-14-6-8-17(9-7-14)31(27,28)25-19-5-3-4-18(22)20(19)23/h3-12,25H,1-2H3,(H,24,26). The van der Waals surface area contributed by atoms with E-state index in [9.17, 15) is 13.2 Å². The van der Waals surface area contributed by atoms with Crippen molar-refractivity contribution in [1.29, 1.82) is 0 Å². The fourth-order valence-electron chi connectivity index (χ4n) is 2.65. The topological polar surface area (TPSA) is 93.7 Å². The minimum atomic E-state index is -3.91. The molecule has 0 saturated carbocycles. The Bertz CT molecular complexity index is 1190. The average Bonchev–Trinajstić information content (AvgIpc) is 2.76. The predicted octanol–water partition coefficient (Wildman–Crippen LogP) is 5.06. The molecular weight excluding hydrogens is 463 g/mol. The zero-order valence-corrected chi connectivity index (χ0v) is 18.8. The van der Waals surface area contributed by atoms with Crippen molar-refractivity contribution in [3.8, 4) is 11.5 Å². The fourth-order valence-corrected chi connectivity index (χ4v) is 4.12. The summed E-state index contributed by atoms with van der Waals surface area (Å²) in [6.07, 6.45) is 0. The Morgan fingerprint density at radius 1 is 0.903 bits per heavy atom. The number of amides is 1. The normalized spacial score (nSPS) is 11.0. The molecule has 3 aromatic carbocycles. The van der Waals surface area contributed by atoms with Crippen LogP contribution in [0.3, 0.4) is 0 Å². The van der Waals surface area contributed by atoms with E-state index in [4.69, 9.17) is 32.7 Å². The van der Waals surface area contributed by atoms with E-state index in [2.05, 4.69) is 10.0 Å². The second-order valence-corrected chi connectivity index (χ2v) is 8.75. The van der Waals surface area contributed by atoms with Crippen molar-refractivity contribution < 1.29 is 22.7 Å². The van der Waals surface area contributed by atoms with Crippen LogP contribution in [0.15, 0.2) is 65.6 Å². The van der Waals surface area contributed by atoms with Crippen molar-refractivity contribution in [3.05, 3.63) is 76.3 Å². The van der Waals surface area contributed by atoms with E-state index >= 15 is 0 Å². The molecule has 7 nitrogen and oxygen atoms in total. The number of rotatable bonds is 7. The summed E-state index contributed by atoms with van der Waals surface area (Å²) in [6, 6.07) is 15.1.